The number of nitrogen functional groups attached to an aromatic ring is 1. The lowest BCUT2D eigenvalue weighted by Gasteiger charge is -2.42. The van der Waals surface area contributed by atoms with Crippen LogP contribution in [0.25, 0.3) is 0 Å². The number of anilines is 1. The maximum absolute atomic E-state index is 13.1. The van der Waals surface area contributed by atoms with Gasteiger partial charge in [0.25, 0.3) is 0 Å². The number of esters is 1. The number of nitrogens with zero attached hydrogens (tertiary/aromatic N) is 1. The van der Waals surface area contributed by atoms with E-state index in [9.17, 15) is 4.79 Å². The zero-order chi connectivity index (χ0) is 47.5. The summed E-state index contributed by atoms with van der Waals surface area (Å²) >= 11 is 0. The van der Waals surface area contributed by atoms with Crippen LogP contribution in [0.15, 0.2) is 48.5 Å². The van der Waals surface area contributed by atoms with Crippen LogP contribution in [0.4, 0.5) is 5.69 Å². The molecule has 2 aromatic rings. The summed E-state index contributed by atoms with van der Waals surface area (Å²) < 4.78 is 26.5. The summed E-state index contributed by atoms with van der Waals surface area (Å²) in [6.07, 6.45) is 25.1. The van der Waals surface area contributed by atoms with E-state index in [1.54, 1.807) is 0 Å². The smallest absolute Gasteiger partial charge is 0.306 e. The SMILES string of the molecule is CCCCCCCCCC[C@@H](CN(CCCOC(=O)CCc1ccc(OCc2ccccc2)cc1N)C[C@H](CCCCCCCCCC)O[Si](C)(C)C(C)(C)C)O[Si](C)(C)C(C)(C)C. The molecule has 2 rings (SSSR count). The largest absolute Gasteiger partial charge is 0.489 e. The van der Waals surface area contributed by atoms with E-state index in [4.69, 9.17) is 24.1 Å². The lowest BCUT2D eigenvalue weighted by molar-refractivity contribution is -0.143. The molecule has 0 unspecified atom stereocenters. The first-order valence-corrected chi connectivity index (χ1v) is 31.9. The second-order valence-electron chi connectivity index (χ2n) is 22.0. The van der Waals surface area contributed by atoms with Crippen LogP contribution in [0.1, 0.15) is 195 Å². The summed E-state index contributed by atoms with van der Waals surface area (Å²) in [5.41, 5.74) is 9.09. The molecule has 0 aliphatic heterocycles. The number of carbonyl (C=O) groups is 1. The highest BCUT2D eigenvalue weighted by Crippen LogP contribution is 2.39. The Hall–Kier alpha value is -2.18. The topological polar surface area (TPSA) is 83.2 Å². The predicted molar refractivity (Wildman–Crippen MR) is 281 cm³/mol. The molecule has 2 atom stereocenters. The molecule has 0 aliphatic carbocycles. The molecule has 9 heteroatoms. The first-order valence-electron chi connectivity index (χ1n) is 26.1. The Morgan fingerprint density at radius 2 is 1.11 bits per heavy atom. The van der Waals surface area contributed by atoms with Crippen molar-refractivity contribution in [1.29, 1.82) is 0 Å². The maximum atomic E-state index is 13.1. The number of hydrogen-bond acceptors (Lipinski definition) is 7. The molecule has 0 radical (unpaired) electrons. The van der Waals surface area contributed by atoms with Crippen molar-refractivity contribution in [3.05, 3.63) is 59.7 Å². The van der Waals surface area contributed by atoms with Gasteiger partial charge in [-0.25, -0.2) is 0 Å². The summed E-state index contributed by atoms with van der Waals surface area (Å²) in [4.78, 5) is 15.7. The molecule has 0 aromatic heterocycles. The predicted octanol–water partition coefficient (Wildman–Crippen LogP) is 15.9. The van der Waals surface area contributed by atoms with Crippen LogP contribution < -0.4 is 10.5 Å². The first-order chi connectivity index (χ1) is 30.3. The Morgan fingerprint density at radius 3 is 1.56 bits per heavy atom. The highest BCUT2D eigenvalue weighted by molar-refractivity contribution is 6.74. The van der Waals surface area contributed by atoms with Gasteiger partial charge in [-0.15, -0.1) is 0 Å². The Kier molecular flexibility index (Phi) is 28.1. The fourth-order valence-corrected chi connectivity index (χ4v) is 10.6. The minimum atomic E-state index is -2.02. The van der Waals surface area contributed by atoms with Gasteiger partial charge >= 0.3 is 5.97 Å². The number of unbranched alkanes of at least 4 members (excludes halogenated alkanes) is 14. The average Bonchev–Trinajstić information content (AvgIpc) is 3.22. The highest BCUT2D eigenvalue weighted by Gasteiger charge is 2.41. The third-order valence-corrected chi connectivity index (χ3v) is 23.1. The summed E-state index contributed by atoms with van der Waals surface area (Å²) in [5.74, 6) is 0.541. The summed E-state index contributed by atoms with van der Waals surface area (Å²) in [7, 11) is -4.05. The minimum absolute atomic E-state index is 0.136. The number of benzene rings is 2. The van der Waals surface area contributed by atoms with Crippen LogP contribution >= 0.6 is 0 Å². The lowest BCUT2D eigenvalue weighted by Crippen LogP contribution is -2.50. The van der Waals surface area contributed by atoms with Crippen molar-refractivity contribution in [2.75, 3.05) is 32.0 Å². The first kappa shape index (κ1) is 58.0. The number of carbonyl (C=O) groups excluding carboxylic acids is 1. The van der Waals surface area contributed by atoms with Gasteiger partial charge in [-0.2, -0.15) is 0 Å². The minimum Gasteiger partial charge on any atom is -0.489 e. The van der Waals surface area contributed by atoms with Crippen molar-refractivity contribution in [1.82, 2.24) is 4.90 Å². The van der Waals surface area contributed by atoms with Crippen LogP contribution in [0.5, 0.6) is 5.75 Å². The van der Waals surface area contributed by atoms with Gasteiger partial charge in [0.05, 0.1) is 18.8 Å². The summed E-state index contributed by atoms with van der Waals surface area (Å²) in [5, 5.41) is 0.272. The van der Waals surface area contributed by atoms with E-state index in [-0.39, 0.29) is 28.3 Å². The van der Waals surface area contributed by atoms with Crippen molar-refractivity contribution in [2.24, 2.45) is 0 Å². The van der Waals surface area contributed by atoms with E-state index in [1.807, 2.05) is 48.5 Å². The second-order valence-corrected chi connectivity index (χ2v) is 31.5. The van der Waals surface area contributed by atoms with E-state index in [2.05, 4.69) is 86.5 Å². The molecule has 0 fully saturated rings. The van der Waals surface area contributed by atoms with Gasteiger partial charge in [0.2, 0.25) is 0 Å². The van der Waals surface area contributed by atoms with Gasteiger partial charge in [0, 0.05) is 37.8 Å². The molecule has 368 valence electrons. The van der Waals surface area contributed by atoms with Crippen molar-refractivity contribution < 1.29 is 23.1 Å². The number of hydrogen-bond donors (Lipinski definition) is 1. The van der Waals surface area contributed by atoms with E-state index in [0.717, 1.165) is 55.8 Å². The normalized spacial score (nSPS) is 13.6. The van der Waals surface area contributed by atoms with Gasteiger partial charge in [0.1, 0.15) is 12.4 Å². The molecule has 0 bridgehead atoms. The lowest BCUT2D eigenvalue weighted by atomic mass is 10.0. The second kappa shape index (κ2) is 31.0. The highest BCUT2D eigenvalue weighted by atomic mass is 28.4. The molecule has 0 saturated heterocycles. The zero-order valence-corrected chi connectivity index (χ0v) is 45.7. The van der Waals surface area contributed by atoms with Crippen LogP contribution in [-0.2, 0) is 31.4 Å². The Bertz CT molecular complexity index is 1450. The molecule has 7 nitrogen and oxygen atoms in total. The van der Waals surface area contributed by atoms with Gasteiger partial charge in [-0.3, -0.25) is 9.69 Å². The average molecular weight is 926 g/mol. The standard InChI is InChI=1S/C55H100N2O5Si2/c1-13-15-17-19-21-23-25-30-35-50(61-63(9,10)54(3,4)5)44-57(45-51(62-64(11,12)55(6,7)8)36-31-26-24-22-20-18-16-14-2)41-32-42-59-53(58)40-38-48-37-39-49(43-52(48)56)60-46-47-33-28-27-29-34-47/h27-29,33-34,37,39,43,50-51H,13-26,30-32,35-36,38,40-42,44-46,56H2,1-12H3/t50-,51-/m0/s1. The van der Waals surface area contributed by atoms with Crippen molar-refractivity contribution in [3.8, 4) is 5.75 Å². The zero-order valence-electron chi connectivity index (χ0n) is 43.7. The Balaban J connectivity index is 2.17. The Labute approximate surface area is 397 Å². The summed E-state index contributed by atoms with van der Waals surface area (Å²) in [6, 6.07) is 15.8. The molecule has 0 aliphatic rings. The van der Waals surface area contributed by atoms with Gasteiger partial charge in [0.15, 0.2) is 16.6 Å². The van der Waals surface area contributed by atoms with Crippen molar-refractivity contribution >= 4 is 28.3 Å². The number of ether oxygens (including phenoxy) is 2. The van der Waals surface area contributed by atoms with E-state index in [0.29, 0.717) is 31.7 Å². The quantitative estimate of drug-likeness (QED) is 0.0315. The summed E-state index contributed by atoms with van der Waals surface area (Å²) in [6.45, 7) is 31.9. The molecule has 2 aromatic carbocycles. The number of aryl methyl sites for hydroxylation is 1. The molecular weight excluding hydrogens is 825 g/mol. The van der Waals surface area contributed by atoms with Gasteiger partial charge < -0.3 is 24.1 Å². The Morgan fingerprint density at radius 1 is 0.641 bits per heavy atom. The van der Waals surface area contributed by atoms with Crippen LogP contribution in [0.3, 0.4) is 0 Å². The molecule has 0 saturated carbocycles. The van der Waals surface area contributed by atoms with Gasteiger partial charge in [-0.1, -0.05) is 195 Å². The molecule has 0 spiro atoms. The van der Waals surface area contributed by atoms with E-state index >= 15 is 0 Å². The number of nitrogens with two attached hydrogens (primary N) is 1. The van der Waals surface area contributed by atoms with Gasteiger partial charge in [-0.05, 0) is 79.1 Å². The molecule has 0 amide bonds. The van der Waals surface area contributed by atoms with Crippen LogP contribution in [0, 0.1) is 0 Å². The molecule has 0 heterocycles. The van der Waals surface area contributed by atoms with E-state index < -0.39 is 16.6 Å². The van der Waals surface area contributed by atoms with Crippen molar-refractivity contribution in [2.45, 2.75) is 245 Å². The fourth-order valence-electron chi connectivity index (χ4n) is 7.82. The molecule has 2 N–H and O–H groups in total. The third kappa shape index (κ3) is 24.6. The van der Waals surface area contributed by atoms with Crippen LogP contribution in [-0.4, -0.2) is 66.0 Å². The monoisotopic (exact) mass is 925 g/mol. The van der Waals surface area contributed by atoms with E-state index in [1.165, 1.54) is 103 Å². The van der Waals surface area contributed by atoms with Crippen molar-refractivity contribution in [3.63, 3.8) is 0 Å². The van der Waals surface area contributed by atoms with Crippen LogP contribution in [0.2, 0.25) is 36.3 Å². The molecule has 64 heavy (non-hydrogen) atoms. The maximum Gasteiger partial charge on any atom is 0.306 e. The fraction of sp³-hybridized carbons (Fsp3) is 0.764. The third-order valence-electron chi connectivity index (χ3n) is 14.1. The molecular formula is C55H100N2O5Si2. The number of rotatable bonds is 36.